The lowest BCUT2D eigenvalue weighted by Gasteiger charge is -2.45. The van der Waals surface area contributed by atoms with Gasteiger partial charge in [-0.1, -0.05) is 5.92 Å². The number of fused-ring (bicyclic) bond motifs is 1. The number of rotatable bonds is 2. The van der Waals surface area contributed by atoms with Gasteiger partial charge in [-0.3, -0.25) is 9.48 Å². The van der Waals surface area contributed by atoms with E-state index in [1.54, 1.807) is 34.2 Å². The van der Waals surface area contributed by atoms with E-state index < -0.39 is 5.60 Å². The molecule has 0 unspecified atom stereocenters. The lowest BCUT2D eigenvalue weighted by atomic mass is 10.1. The first kappa shape index (κ1) is 21.8. The summed E-state index contributed by atoms with van der Waals surface area (Å²) in [6.45, 7) is 13.0. The fourth-order valence-electron chi connectivity index (χ4n) is 3.74. The molecule has 0 N–H and O–H groups in total. The number of aromatic nitrogens is 3. The number of nitrogens with zero attached hydrogens (tertiary/aromatic N) is 5. The van der Waals surface area contributed by atoms with Crippen LogP contribution in [0.1, 0.15) is 41.5 Å². The number of pyridine rings is 1. The molecule has 0 spiro atoms. The Morgan fingerprint density at radius 2 is 1.97 bits per heavy atom. The van der Waals surface area contributed by atoms with Crippen molar-refractivity contribution in [1.29, 1.82) is 0 Å². The predicted molar refractivity (Wildman–Crippen MR) is 118 cm³/mol. The van der Waals surface area contributed by atoms with Gasteiger partial charge in [-0.15, -0.1) is 5.92 Å². The van der Waals surface area contributed by atoms with Crippen molar-refractivity contribution in [2.24, 2.45) is 7.05 Å². The zero-order chi connectivity index (χ0) is 22.2. The van der Waals surface area contributed by atoms with E-state index in [1.165, 1.54) is 0 Å². The molecule has 0 radical (unpaired) electrons. The predicted octanol–water partition coefficient (Wildman–Crippen LogP) is 2.59. The quantitative estimate of drug-likeness (QED) is 0.708. The van der Waals surface area contributed by atoms with Gasteiger partial charge < -0.3 is 19.1 Å². The molecule has 8 nitrogen and oxygen atoms in total. The van der Waals surface area contributed by atoms with E-state index in [0.29, 0.717) is 19.6 Å². The Bertz CT molecular complexity index is 1070. The molecule has 1 amide bonds. The molecule has 2 aromatic rings. The average molecular weight is 414 g/mol. The van der Waals surface area contributed by atoms with Crippen LogP contribution in [0, 0.1) is 11.8 Å². The molecule has 1 saturated heterocycles. The van der Waals surface area contributed by atoms with Crippen molar-refractivity contribution in [2.75, 3.05) is 18.0 Å². The molecule has 3 rings (SSSR count). The van der Waals surface area contributed by atoms with Crippen molar-refractivity contribution in [3.05, 3.63) is 22.6 Å². The Hall–Kier alpha value is -2.95. The van der Waals surface area contributed by atoms with Gasteiger partial charge in [0.1, 0.15) is 17.7 Å². The van der Waals surface area contributed by atoms with E-state index >= 15 is 0 Å². The maximum atomic E-state index is 12.6. The largest absolute Gasteiger partial charge is 0.444 e. The monoisotopic (exact) mass is 413 g/mol. The van der Waals surface area contributed by atoms with Crippen molar-refractivity contribution < 1.29 is 9.53 Å². The van der Waals surface area contributed by atoms with Crippen molar-refractivity contribution in [2.45, 2.75) is 65.8 Å². The maximum Gasteiger partial charge on any atom is 0.410 e. The van der Waals surface area contributed by atoms with Crippen LogP contribution >= 0.6 is 0 Å². The van der Waals surface area contributed by atoms with Crippen LogP contribution in [0.4, 0.5) is 10.5 Å². The van der Waals surface area contributed by atoms with Gasteiger partial charge in [0, 0.05) is 38.3 Å². The molecule has 8 heteroatoms. The van der Waals surface area contributed by atoms with Crippen molar-refractivity contribution >= 4 is 22.8 Å². The summed E-state index contributed by atoms with van der Waals surface area (Å²) >= 11 is 0. The number of ether oxygens (including phenoxy) is 1. The molecular weight excluding hydrogens is 382 g/mol. The topological polar surface area (TPSA) is 72.6 Å². The second-order valence-corrected chi connectivity index (χ2v) is 8.90. The van der Waals surface area contributed by atoms with Crippen LogP contribution in [-0.4, -0.2) is 56.1 Å². The first-order valence-electron chi connectivity index (χ1n) is 10.2. The van der Waals surface area contributed by atoms with Crippen LogP contribution in [0.3, 0.4) is 0 Å². The fraction of sp³-hybridized carbons (Fsp3) is 0.591. The van der Waals surface area contributed by atoms with E-state index in [0.717, 1.165) is 16.7 Å². The third kappa shape index (κ3) is 4.30. The van der Waals surface area contributed by atoms with Gasteiger partial charge in [-0.05, 0) is 41.5 Å². The number of anilines is 1. The highest BCUT2D eigenvalue weighted by atomic mass is 16.6. The van der Waals surface area contributed by atoms with E-state index in [1.807, 2.05) is 40.8 Å². The first-order chi connectivity index (χ1) is 14.0. The molecule has 0 aromatic carbocycles. The van der Waals surface area contributed by atoms with Crippen LogP contribution in [0.25, 0.3) is 11.0 Å². The SMILES string of the molecule is CC#CCn1cc2c(n1)c(N1C[C@@H](C)N(C(=O)OC(C)(C)C)C[C@@H]1C)cc(=O)n2C. The van der Waals surface area contributed by atoms with Gasteiger partial charge in [-0.25, -0.2) is 4.79 Å². The molecule has 1 fully saturated rings. The maximum absolute atomic E-state index is 12.6. The molecule has 2 atom stereocenters. The molecule has 162 valence electrons. The van der Waals surface area contributed by atoms with Gasteiger partial charge >= 0.3 is 6.09 Å². The van der Waals surface area contributed by atoms with Crippen molar-refractivity contribution in [3.63, 3.8) is 0 Å². The Labute approximate surface area is 177 Å². The zero-order valence-electron chi connectivity index (χ0n) is 18.9. The minimum Gasteiger partial charge on any atom is -0.444 e. The molecule has 0 bridgehead atoms. The van der Waals surface area contributed by atoms with E-state index in [4.69, 9.17) is 9.84 Å². The number of piperazine rings is 1. The number of hydrogen-bond acceptors (Lipinski definition) is 5. The number of amides is 1. The molecule has 0 aliphatic carbocycles. The van der Waals surface area contributed by atoms with Gasteiger partial charge in [-0.2, -0.15) is 5.10 Å². The molecule has 0 saturated carbocycles. The molecule has 2 aromatic heterocycles. The first-order valence-corrected chi connectivity index (χ1v) is 10.2. The normalized spacial score (nSPS) is 19.6. The van der Waals surface area contributed by atoms with Crippen LogP contribution in [-0.2, 0) is 18.3 Å². The average Bonchev–Trinajstić information content (AvgIpc) is 3.07. The highest BCUT2D eigenvalue weighted by Crippen LogP contribution is 2.29. The highest BCUT2D eigenvalue weighted by molar-refractivity contribution is 5.88. The van der Waals surface area contributed by atoms with Crippen LogP contribution in [0.5, 0.6) is 0 Å². The molecule has 1 aliphatic rings. The van der Waals surface area contributed by atoms with Gasteiger partial charge in [0.05, 0.1) is 17.4 Å². The Morgan fingerprint density at radius 3 is 2.60 bits per heavy atom. The summed E-state index contributed by atoms with van der Waals surface area (Å²) in [5.74, 6) is 5.87. The number of aryl methyl sites for hydroxylation is 1. The van der Waals surface area contributed by atoms with Crippen molar-refractivity contribution in [3.8, 4) is 11.8 Å². The third-order valence-corrected chi connectivity index (χ3v) is 5.28. The van der Waals surface area contributed by atoms with E-state index in [9.17, 15) is 9.59 Å². The summed E-state index contributed by atoms with van der Waals surface area (Å²) in [7, 11) is 1.75. The summed E-state index contributed by atoms with van der Waals surface area (Å²) in [6, 6.07) is 1.57. The van der Waals surface area contributed by atoms with Gasteiger partial charge in [0.25, 0.3) is 5.56 Å². The lowest BCUT2D eigenvalue weighted by molar-refractivity contribution is 0.0130. The van der Waals surface area contributed by atoms with E-state index in [-0.39, 0.29) is 23.7 Å². The highest BCUT2D eigenvalue weighted by Gasteiger charge is 2.35. The summed E-state index contributed by atoms with van der Waals surface area (Å²) < 4.78 is 8.93. The third-order valence-electron chi connectivity index (χ3n) is 5.28. The fourth-order valence-corrected chi connectivity index (χ4v) is 3.74. The minimum atomic E-state index is -0.538. The second-order valence-electron chi connectivity index (χ2n) is 8.90. The zero-order valence-corrected chi connectivity index (χ0v) is 18.9. The standard InChI is InChI=1S/C22H31N5O3/c1-8-9-10-25-14-18-20(23-25)17(11-19(28)24(18)7)26-12-16(3)27(13-15(26)2)21(29)30-22(4,5)6/h11,14-16H,10,12-13H2,1-7H3/t15-,16+/m0/s1. The summed E-state index contributed by atoms with van der Waals surface area (Å²) in [5, 5.41) is 4.70. The Kier molecular flexibility index (Phi) is 5.84. The minimum absolute atomic E-state index is 0.00427. The summed E-state index contributed by atoms with van der Waals surface area (Å²) in [5.41, 5.74) is 1.69. The molecule has 30 heavy (non-hydrogen) atoms. The second kappa shape index (κ2) is 8.05. The lowest BCUT2D eigenvalue weighted by Crippen LogP contribution is -2.59. The van der Waals surface area contributed by atoms with E-state index in [2.05, 4.69) is 16.7 Å². The summed E-state index contributed by atoms with van der Waals surface area (Å²) in [4.78, 5) is 29.2. The Balaban J connectivity index is 1.95. The van der Waals surface area contributed by atoms with Gasteiger partial charge in [0.15, 0.2) is 0 Å². The van der Waals surface area contributed by atoms with Crippen LogP contribution in [0.2, 0.25) is 0 Å². The van der Waals surface area contributed by atoms with Gasteiger partial charge in [0.2, 0.25) is 0 Å². The number of carbonyl (C=O) groups excluding carboxylic acids is 1. The summed E-state index contributed by atoms with van der Waals surface area (Å²) in [6.07, 6.45) is 1.55. The number of hydrogen-bond donors (Lipinski definition) is 0. The van der Waals surface area contributed by atoms with Crippen LogP contribution < -0.4 is 10.5 Å². The molecular formula is C22H31N5O3. The Morgan fingerprint density at radius 1 is 1.27 bits per heavy atom. The smallest absolute Gasteiger partial charge is 0.410 e. The molecule has 3 heterocycles. The van der Waals surface area contributed by atoms with Crippen LogP contribution in [0.15, 0.2) is 17.1 Å². The number of carbonyl (C=O) groups is 1. The molecule has 1 aliphatic heterocycles. The van der Waals surface area contributed by atoms with Crippen molar-refractivity contribution in [1.82, 2.24) is 19.2 Å².